The van der Waals surface area contributed by atoms with Crippen molar-refractivity contribution in [1.82, 2.24) is 0 Å². The molecule has 2 aliphatic rings. The summed E-state index contributed by atoms with van der Waals surface area (Å²) in [7, 11) is 0. The van der Waals surface area contributed by atoms with Crippen molar-refractivity contribution < 1.29 is 9.47 Å². The zero-order valence-corrected chi connectivity index (χ0v) is 14.3. The van der Waals surface area contributed by atoms with Crippen LogP contribution in [0.15, 0.2) is 59.9 Å². The minimum atomic E-state index is 0.882. The summed E-state index contributed by atoms with van der Waals surface area (Å²) in [5, 5.41) is 0. The first-order chi connectivity index (χ1) is 11.7. The monoisotopic (exact) mass is 318 g/mol. The zero-order valence-electron chi connectivity index (χ0n) is 14.3. The summed E-state index contributed by atoms with van der Waals surface area (Å²) in [5.74, 6) is 3.84. The van der Waals surface area contributed by atoms with Crippen LogP contribution in [0.25, 0.3) is 0 Å². The highest BCUT2D eigenvalue weighted by molar-refractivity contribution is 5.51. The normalized spacial score (nSPS) is 16.4. The molecule has 0 saturated carbocycles. The summed E-state index contributed by atoms with van der Waals surface area (Å²) >= 11 is 0. The van der Waals surface area contributed by atoms with Crippen LogP contribution in [0.2, 0.25) is 0 Å². The second kappa shape index (κ2) is 6.20. The quantitative estimate of drug-likeness (QED) is 0.591. The third kappa shape index (κ3) is 2.84. The molecule has 0 N–H and O–H groups in total. The predicted molar refractivity (Wildman–Crippen MR) is 96.8 cm³/mol. The van der Waals surface area contributed by atoms with Gasteiger partial charge in [-0.15, -0.1) is 0 Å². The first-order valence-electron chi connectivity index (χ1n) is 8.64. The number of rotatable bonds is 0. The topological polar surface area (TPSA) is 18.5 Å². The molecule has 0 unspecified atom stereocenters. The van der Waals surface area contributed by atoms with Gasteiger partial charge in [0.1, 0.15) is 23.0 Å². The highest BCUT2D eigenvalue weighted by atomic mass is 16.5. The van der Waals surface area contributed by atoms with Crippen LogP contribution in [0, 0.1) is 13.8 Å². The molecule has 2 aromatic rings. The molecule has 2 aromatic carbocycles. The number of para-hydroxylation sites is 1. The van der Waals surface area contributed by atoms with Gasteiger partial charge in [0, 0.05) is 12.0 Å². The first-order valence-corrected chi connectivity index (χ1v) is 8.64. The Balaban J connectivity index is 1.89. The summed E-state index contributed by atoms with van der Waals surface area (Å²) in [6, 6.07) is 12.5. The van der Waals surface area contributed by atoms with Crippen LogP contribution in [0.3, 0.4) is 0 Å². The van der Waals surface area contributed by atoms with E-state index < -0.39 is 0 Å². The number of aryl methyl sites for hydroxylation is 2. The lowest BCUT2D eigenvalue weighted by atomic mass is 9.98. The SMILES string of the molecule is Cc1cc2c(C)c(c1)Oc1ccccc1CCC1=C(CCC=C1)O2. The lowest BCUT2D eigenvalue weighted by Crippen LogP contribution is -2.04. The van der Waals surface area contributed by atoms with Gasteiger partial charge < -0.3 is 9.47 Å². The Labute approximate surface area is 143 Å². The molecule has 2 nitrogen and oxygen atoms in total. The molecular formula is C22H22O2. The number of fused-ring (bicyclic) bond motifs is 3. The number of hydrogen-bond donors (Lipinski definition) is 0. The molecule has 2 heteroatoms. The van der Waals surface area contributed by atoms with E-state index in [0.717, 1.165) is 59.8 Å². The fourth-order valence-electron chi connectivity index (χ4n) is 3.37. The molecule has 0 saturated heterocycles. The van der Waals surface area contributed by atoms with E-state index in [1.165, 1.54) is 11.1 Å². The molecular weight excluding hydrogens is 296 g/mol. The Bertz CT molecular complexity index is 843. The van der Waals surface area contributed by atoms with Crippen molar-refractivity contribution in [3.8, 4) is 17.2 Å². The second-order valence-corrected chi connectivity index (χ2v) is 6.59. The molecule has 0 aromatic heterocycles. The third-order valence-corrected chi connectivity index (χ3v) is 4.76. The van der Waals surface area contributed by atoms with Gasteiger partial charge in [-0.05, 0) is 68.0 Å². The van der Waals surface area contributed by atoms with E-state index in [-0.39, 0.29) is 0 Å². The van der Waals surface area contributed by atoms with Gasteiger partial charge in [-0.25, -0.2) is 0 Å². The van der Waals surface area contributed by atoms with Crippen molar-refractivity contribution in [1.29, 1.82) is 0 Å². The van der Waals surface area contributed by atoms with Gasteiger partial charge in [-0.2, -0.15) is 0 Å². The van der Waals surface area contributed by atoms with Crippen LogP contribution in [0.1, 0.15) is 36.0 Å². The van der Waals surface area contributed by atoms with Crippen LogP contribution in [-0.4, -0.2) is 0 Å². The van der Waals surface area contributed by atoms with E-state index in [1.54, 1.807) is 0 Å². The van der Waals surface area contributed by atoms with Crippen molar-refractivity contribution in [2.45, 2.75) is 39.5 Å². The summed E-state index contributed by atoms with van der Waals surface area (Å²) in [4.78, 5) is 0. The van der Waals surface area contributed by atoms with Gasteiger partial charge in [-0.3, -0.25) is 0 Å². The summed E-state index contributed by atoms with van der Waals surface area (Å²) < 4.78 is 12.6. The number of benzene rings is 2. The van der Waals surface area contributed by atoms with Crippen LogP contribution in [0.5, 0.6) is 17.2 Å². The van der Waals surface area contributed by atoms with Gasteiger partial charge in [-0.1, -0.05) is 30.4 Å². The van der Waals surface area contributed by atoms with Crippen LogP contribution >= 0.6 is 0 Å². The Hall–Kier alpha value is -2.48. The van der Waals surface area contributed by atoms with Gasteiger partial charge in [0.2, 0.25) is 0 Å². The summed E-state index contributed by atoms with van der Waals surface area (Å²) in [6.07, 6.45) is 8.42. The van der Waals surface area contributed by atoms with E-state index in [0.29, 0.717) is 0 Å². The molecule has 24 heavy (non-hydrogen) atoms. The molecule has 0 amide bonds. The van der Waals surface area contributed by atoms with Gasteiger partial charge in [0.05, 0.1) is 0 Å². The van der Waals surface area contributed by atoms with E-state index in [9.17, 15) is 0 Å². The molecule has 0 atom stereocenters. The summed E-state index contributed by atoms with van der Waals surface area (Å²) in [5.41, 5.74) is 4.75. The molecule has 1 aliphatic heterocycles. The van der Waals surface area contributed by atoms with Crippen molar-refractivity contribution in [2.24, 2.45) is 0 Å². The van der Waals surface area contributed by atoms with Crippen molar-refractivity contribution in [3.05, 3.63) is 76.6 Å². The number of ether oxygens (including phenoxy) is 2. The van der Waals surface area contributed by atoms with Crippen molar-refractivity contribution in [3.63, 3.8) is 0 Å². The maximum absolute atomic E-state index is 6.35. The molecule has 0 radical (unpaired) electrons. The largest absolute Gasteiger partial charge is 0.461 e. The second-order valence-electron chi connectivity index (χ2n) is 6.59. The first kappa shape index (κ1) is 15.1. The molecule has 0 spiro atoms. The molecule has 1 heterocycles. The lowest BCUT2D eigenvalue weighted by Gasteiger charge is -2.19. The average molecular weight is 318 g/mol. The molecule has 4 rings (SSSR count). The van der Waals surface area contributed by atoms with E-state index in [4.69, 9.17) is 9.47 Å². The van der Waals surface area contributed by atoms with E-state index in [1.807, 2.05) is 6.07 Å². The zero-order chi connectivity index (χ0) is 16.5. The minimum absolute atomic E-state index is 0.882. The summed E-state index contributed by atoms with van der Waals surface area (Å²) in [6.45, 7) is 4.16. The van der Waals surface area contributed by atoms with Crippen LogP contribution in [-0.2, 0) is 6.42 Å². The smallest absolute Gasteiger partial charge is 0.134 e. The number of allylic oxidation sites excluding steroid dienone is 4. The van der Waals surface area contributed by atoms with Crippen LogP contribution in [0.4, 0.5) is 0 Å². The molecule has 2 bridgehead atoms. The maximum Gasteiger partial charge on any atom is 0.134 e. The Morgan fingerprint density at radius 2 is 1.62 bits per heavy atom. The molecule has 0 fully saturated rings. The predicted octanol–water partition coefficient (Wildman–Crippen LogP) is 6.02. The van der Waals surface area contributed by atoms with Crippen molar-refractivity contribution >= 4 is 0 Å². The fourth-order valence-corrected chi connectivity index (χ4v) is 3.37. The fraction of sp³-hybridized carbons (Fsp3) is 0.273. The molecule has 1 aliphatic carbocycles. The van der Waals surface area contributed by atoms with Gasteiger partial charge >= 0.3 is 0 Å². The lowest BCUT2D eigenvalue weighted by molar-refractivity contribution is 0.388. The minimum Gasteiger partial charge on any atom is -0.461 e. The highest BCUT2D eigenvalue weighted by Crippen LogP contribution is 2.38. The van der Waals surface area contributed by atoms with Crippen molar-refractivity contribution in [2.75, 3.05) is 0 Å². The Morgan fingerprint density at radius 3 is 2.50 bits per heavy atom. The third-order valence-electron chi connectivity index (χ3n) is 4.76. The molecule has 122 valence electrons. The number of hydrogen-bond acceptors (Lipinski definition) is 2. The van der Waals surface area contributed by atoms with Gasteiger partial charge in [0.25, 0.3) is 0 Å². The Kier molecular flexibility index (Phi) is 3.89. The van der Waals surface area contributed by atoms with E-state index in [2.05, 4.69) is 56.3 Å². The van der Waals surface area contributed by atoms with Gasteiger partial charge in [0.15, 0.2) is 0 Å². The van der Waals surface area contributed by atoms with Crippen LogP contribution < -0.4 is 9.47 Å². The maximum atomic E-state index is 6.35. The van der Waals surface area contributed by atoms with E-state index >= 15 is 0 Å². The Morgan fingerprint density at radius 1 is 0.833 bits per heavy atom. The average Bonchev–Trinajstić information content (AvgIpc) is 2.60. The standard InChI is InChI=1S/C22H22O2/c1-15-13-21-16(2)22(14-15)24-20-10-6-4-8-18(20)12-11-17-7-3-5-9-19(17)23-21/h3-5,7-9,13-14H,6,10-12H2,1-2H3. The highest BCUT2D eigenvalue weighted by Gasteiger charge is 2.18.